The Morgan fingerprint density at radius 2 is 1.50 bits per heavy atom. The average Bonchev–Trinajstić information content (AvgIpc) is 2.88. The van der Waals surface area contributed by atoms with Gasteiger partial charge in [0.15, 0.2) is 0 Å². The van der Waals surface area contributed by atoms with Gasteiger partial charge in [0.1, 0.15) is 0 Å². The minimum Gasteiger partial charge on any atom is -0.335 e. The second kappa shape index (κ2) is 6.44. The van der Waals surface area contributed by atoms with Crippen molar-refractivity contribution in [2.75, 3.05) is 0 Å². The number of aryl methyl sites for hydroxylation is 1. The lowest BCUT2D eigenvalue weighted by molar-refractivity contribution is 0.843. The van der Waals surface area contributed by atoms with Crippen molar-refractivity contribution in [2.24, 2.45) is 0 Å². The van der Waals surface area contributed by atoms with E-state index in [0.717, 1.165) is 6.54 Å². The molecular formula is C22H18IN. The summed E-state index contributed by atoms with van der Waals surface area (Å²) in [6.45, 7) is 3.04. The molecule has 0 saturated heterocycles. The molecule has 4 rings (SSSR count). The molecule has 2 heteroatoms. The standard InChI is InChI=1S/C22H18IN/c1-16-12-13-20-19(14-16)21(23)22(18-10-6-3-7-11-18)24(20)15-17-8-4-2-5-9-17/h2-14H,15H2,1H3. The van der Waals surface area contributed by atoms with Crippen molar-refractivity contribution in [2.45, 2.75) is 13.5 Å². The molecule has 1 heterocycles. The highest BCUT2D eigenvalue weighted by Crippen LogP contribution is 2.35. The van der Waals surface area contributed by atoms with Crippen LogP contribution >= 0.6 is 22.6 Å². The van der Waals surface area contributed by atoms with E-state index < -0.39 is 0 Å². The lowest BCUT2D eigenvalue weighted by Crippen LogP contribution is -2.02. The average molecular weight is 423 g/mol. The molecule has 118 valence electrons. The van der Waals surface area contributed by atoms with Crippen LogP contribution in [0.1, 0.15) is 11.1 Å². The molecule has 0 amide bonds. The Hall–Kier alpha value is -2.07. The molecule has 0 aliphatic rings. The van der Waals surface area contributed by atoms with Gasteiger partial charge < -0.3 is 4.57 Å². The Morgan fingerprint density at radius 1 is 0.833 bits per heavy atom. The maximum Gasteiger partial charge on any atom is 0.0630 e. The summed E-state index contributed by atoms with van der Waals surface area (Å²) in [5, 5.41) is 1.34. The number of halogens is 1. The largest absolute Gasteiger partial charge is 0.335 e. The van der Waals surface area contributed by atoms with Gasteiger partial charge in [0.25, 0.3) is 0 Å². The van der Waals surface area contributed by atoms with Crippen LogP contribution in [0.2, 0.25) is 0 Å². The van der Waals surface area contributed by atoms with Crippen LogP contribution in [0.15, 0.2) is 78.9 Å². The summed E-state index contributed by atoms with van der Waals surface area (Å²) in [6.07, 6.45) is 0. The van der Waals surface area contributed by atoms with Crippen molar-refractivity contribution in [3.63, 3.8) is 0 Å². The molecule has 0 aliphatic carbocycles. The number of fused-ring (bicyclic) bond motifs is 1. The smallest absolute Gasteiger partial charge is 0.0630 e. The maximum atomic E-state index is 2.50. The van der Waals surface area contributed by atoms with E-state index in [0.29, 0.717) is 0 Å². The second-order valence-corrected chi connectivity index (χ2v) is 7.20. The van der Waals surface area contributed by atoms with Gasteiger partial charge in [-0.15, -0.1) is 0 Å². The molecule has 0 aliphatic heterocycles. The highest BCUT2D eigenvalue weighted by Gasteiger charge is 2.17. The van der Waals surface area contributed by atoms with Crippen molar-refractivity contribution in [1.29, 1.82) is 0 Å². The lowest BCUT2D eigenvalue weighted by Gasteiger charge is -2.12. The number of benzene rings is 3. The first-order valence-corrected chi connectivity index (χ1v) is 9.19. The van der Waals surface area contributed by atoms with Gasteiger partial charge in [-0.2, -0.15) is 0 Å². The maximum absolute atomic E-state index is 2.50. The van der Waals surface area contributed by atoms with E-state index in [9.17, 15) is 0 Å². The molecule has 0 saturated carbocycles. The summed E-state index contributed by atoms with van der Waals surface area (Å²) >= 11 is 2.50. The summed E-state index contributed by atoms with van der Waals surface area (Å²) in [5.41, 5.74) is 6.50. The zero-order chi connectivity index (χ0) is 16.5. The fourth-order valence-electron chi connectivity index (χ4n) is 3.24. The molecule has 4 aromatic rings. The first kappa shape index (κ1) is 15.5. The fourth-order valence-corrected chi connectivity index (χ4v) is 4.27. The Kier molecular flexibility index (Phi) is 4.15. The third-order valence-corrected chi connectivity index (χ3v) is 5.48. The second-order valence-electron chi connectivity index (χ2n) is 6.12. The van der Waals surface area contributed by atoms with Gasteiger partial charge >= 0.3 is 0 Å². The van der Waals surface area contributed by atoms with E-state index in [4.69, 9.17) is 0 Å². The third kappa shape index (κ3) is 2.75. The lowest BCUT2D eigenvalue weighted by atomic mass is 10.1. The van der Waals surface area contributed by atoms with Gasteiger partial charge in [0, 0.05) is 21.0 Å². The number of hydrogen-bond donors (Lipinski definition) is 0. The van der Waals surface area contributed by atoms with Gasteiger partial charge in [0.2, 0.25) is 0 Å². The van der Waals surface area contributed by atoms with Crippen LogP contribution in [-0.4, -0.2) is 4.57 Å². The summed E-state index contributed by atoms with van der Waals surface area (Å²) < 4.78 is 3.77. The van der Waals surface area contributed by atoms with Gasteiger partial charge in [-0.3, -0.25) is 0 Å². The molecule has 0 N–H and O–H groups in total. The van der Waals surface area contributed by atoms with Gasteiger partial charge in [0.05, 0.1) is 5.69 Å². The normalized spacial score (nSPS) is 11.1. The van der Waals surface area contributed by atoms with Crippen molar-refractivity contribution in [3.8, 4) is 11.3 Å². The SMILES string of the molecule is Cc1ccc2c(c1)c(I)c(-c1ccccc1)n2Cc1ccccc1. The highest BCUT2D eigenvalue weighted by atomic mass is 127. The molecule has 24 heavy (non-hydrogen) atoms. The van der Waals surface area contributed by atoms with Crippen LogP contribution in [-0.2, 0) is 6.54 Å². The minimum absolute atomic E-state index is 0.883. The van der Waals surface area contributed by atoms with E-state index in [1.165, 1.54) is 36.9 Å². The summed E-state index contributed by atoms with van der Waals surface area (Å²) in [7, 11) is 0. The Balaban J connectivity index is 1.99. The number of nitrogens with zero attached hydrogens (tertiary/aromatic N) is 1. The van der Waals surface area contributed by atoms with Crippen molar-refractivity contribution >= 4 is 33.5 Å². The Morgan fingerprint density at radius 3 is 2.21 bits per heavy atom. The van der Waals surface area contributed by atoms with Crippen LogP contribution in [0.4, 0.5) is 0 Å². The van der Waals surface area contributed by atoms with Gasteiger partial charge in [-0.1, -0.05) is 72.3 Å². The van der Waals surface area contributed by atoms with Crippen LogP contribution < -0.4 is 0 Å². The van der Waals surface area contributed by atoms with E-state index in [-0.39, 0.29) is 0 Å². The highest BCUT2D eigenvalue weighted by molar-refractivity contribution is 14.1. The zero-order valence-electron chi connectivity index (χ0n) is 13.5. The molecule has 1 nitrogen and oxygen atoms in total. The number of aromatic nitrogens is 1. The van der Waals surface area contributed by atoms with Crippen LogP contribution in [0.3, 0.4) is 0 Å². The monoisotopic (exact) mass is 423 g/mol. The van der Waals surface area contributed by atoms with Gasteiger partial charge in [-0.05, 0) is 52.8 Å². The molecule has 0 unspecified atom stereocenters. The van der Waals surface area contributed by atoms with Crippen molar-refractivity contribution < 1.29 is 0 Å². The van der Waals surface area contributed by atoms with Crippen molar-refractivity contribution in [3.05, 3.63) is 93.6 Å². The van der Waals surface area contributed by atoms with Crippen LogP contribution in [0.25, 0.3) is 22.2 Å². The number of rotatable bonds is 3. The van der Waals surface area contributed by atoms with E-state index in [1.54, 1.807) is 0 Å². The first-order chi connectivity index (χ1) is 11.7. The predicted octanol–water partition coefficient (Wildman–Crippen LogP) is 6.27. The van der Waals surface area contributed by atoms with E-state index in [2.05, 4.69) is 113 Å². The Bertz CT molecular complexity index is 985. The number of hydrogen-bond acceptors (Lipinski definition) is 0. The molecular weight excluding hydrogens is 405 g/mol. The van der Waals surface area contributed by atoms with Gasteiger partial charge in [-0.25, -0.2) is 0 Å². The van der Waals surface area contributed by atoms with Crippen LogP contribution in [0.5, 0.6) is 0 Å². The molecule has 1 aromatic heterocycles. The topological polar surface area (TPSA) is 4.93 Å². The molecule has 0 radical (unpaired) electrons. The molecule has 0 spiro atoms. The molecule has 0 bridgehead atoms. The van der Waals surface area contributed by atoms with Crippen LogP contribution in [0, 0.1) is 10.5 Å². The third-order valence-electron chi connectivity index (χ3n) is 4.39. The summed E-state index contributed by atoms with van der Waals surface area (Å²) in [4.78, 5) is 0. The predicted molar refractivity (Wildman–Crippen MR) is 110 cm³/mol. The zero-order valence-corrected chi connectivity index (χ0v) is 15.7. The minimum atomic E-state index is 0.883. The summed E-state index contributed by atoms with van der Waals surface area (Å²) in [6, 6.07) is 28.1. The fraction of sp³-hybridized carbons (Fsp3) is 0.0909. The van der Waals surface area contributed by atoms with E-state index in [1.807, 2.05) is 0 Å². The first-order valence-electron chi connectivity index (χ1n) is 8.12. The Labute approximate surface area is 156 Å². The molecule has 0 fully saturated rings. The molecule has 3 aromatic carbocycles. The van der Waals surface area contributed by atoms with E-state index >= 15 is 0 Å². The quantitative estimate of drug-likeness (QED) is 0.343. The van der Waals surface area contributed by atoms with Crippen molar-refractivity contribution in [1.82, 2.24) is 4.57 Å². The summed E-state index contributed by atoms with van der Waals surface area (Å²) in [5.74, 6) is 0. The molecule has 0 atom stereocenters.